The molecule has 1 unspecified atom stereocenters. The topological polar surface area (TPSA) is 117 Å². The minimum Gasteiger partial charge on any atom is -0.462 e. The van der Waals surface area contributed by atoms with E-state index in [0.29, 0.717) is 0 Å². The number of carbonyl (C=O) groups excluding carboxylic acids is 2. The molecule has 0 saturated carbocycles. The molecule has 23 heavy (non-hydrogen) atoms. The molecule has 0 fully saturated rings. The molecule has 0 heterocycles. The summed E-state index contributed by atoms with van der Waals surface area (Å²) in [4.78, 5) is 23.5. The Hall–Kier alpha value is -2.05. The molecule has 0 bridgehead atoms. The average Bonchev–Trinajstić information content (AvgIpc) is 2.50. The maximum atomic E-state index is 11.8. The molecule has 132 valence electrons. The Balaban J connectivity index is 4.13. The van der Waals surface area contributed by atoms with Gasteiger partial charge >= 0.3 is 11.9 Å². The predicted molar refractivity (Wildman–Crippen MR) is 89.4 cm³/mol. The molecule has 0 rings (SSSR count). The van der Waals surface area contributed by atoms with Crippen LogP contribution in [0.3, 0.4) is 0 Å². The molecule has 2 atom stereocenters. The summed E-state index contributed by atoms with van der Waals surface area (Å²) in [5.41, 5.74) is 5.43. The van der Waals surface area contributed by atoms with Gasteiger partial charge < -0.3 is 21.1 Å². The van der Waals surface area contributed by atoms with Crippen molar-refractivity contribution in [1.82, 2.24) is 0 Å². The van der Waals surface area contributed by atoms with Crippen molar-refractivity contribution in [3.05, 3.63) is 12.2 Å². The maximum Gasteiger partial charge on any atom is 0.334 e. The molecule has 0 aromatic carbocycles. The van der Waals surface area contributed by atoms with E-state index in [9.17, 15) is 9.59 Å². The lowest BCUT2D eigenvalue weighted by Crippen LogP contribution is -2.32. The van der Waals surface area contributed by atoms with Crippen molar-refractivity contribution in [3.63, 3.8) is 0 Å². The fourth-order valence-corrected chi connectivity index (χ4v) is 1.84. The first-order valence-corrected chi connectivity index (χ1v) is 7.93. The number of hydrazone groups is 1. The van der Waals surface area contributed by atoms with Crippen LogP contribution in [0.15, 0.2) is 17.3 Å². The van der Waals surface area contributed by atoms with E-state index in [1.807, 2.05) is 6.92 Å². The van der Waals surface area contributed by atoms with Crippen LogP contribution in [-0.2, 0) is 19.1 Å². The number of nitrogens with two attached hydrogens (primary N) is 2. The summed E-state index contributed by atoms with van der Waals surface area (Å²) in [6, 6.07) is 0. The summed E-state index contributed by atoms with van der Waals surface area (Å²) in [6.45, 7) is 9.04. The summed E-state index contributed by atoms with van der Waals surface area (Å²) in [6.07, 6.45) is 4.11. The summed E-state index contributed by atoms with van der Waals surface area (Å²) in [5, 5.41) is 3.24. The molecule has 0 aliphatic heterocycles. The first kappa shape index (κ1) is 20.9. The summed E-state index contributed by atoms with van der Waals surface area (Å²) < 4.78 is 10.2. The van der Waals surface area contributed by atoms with E-state index in [1.165, 1.54) is 13.3 Å². The smallest absolute Gasteiger partial charge is 0.334 e. The van der Waals surface area contributed by atoms with Crippen LogP contribution < -0.4 is 11.6 Å². The van der Waals surface area contributed by atoms with Crippen LogP contribution in [0.25, 0.3) is 0 Å². The summed E-state index contributed by atoms with van der Waals surface area (Å²) in [5.74, 6) is 3.75. The third kappa shape index (κ3) is 9.55. The highest BCUT2D eigenvalue weighted by Gasteiger charge is 2.19. The molecule has 0 saturated heterocycles. The van der Waals surface area contributed by atoms with Crippen LogP contribution in [0.4, 0.5) is 0 Å². The van der Waals surface area contributed by atoms with Crippen molar-refractivity contribution in [2.45, 2.75) is 71.5 Å². The van der Waals surface area contributed by atoms with Gasteiger partial charge in [0.2, 0.25) is 0 Å². The van der Waals surface area contributed by atoms with Gasteiger partial charge in [-0.05, 0) is 26.7 Å². The van der Waals surface area contributed by atoms with Gasteiger partial charge in [0.05, 0.1) is 12.5 Å². The average molecular weight is 327 g/mol. The monoisotopic (exact) mass is 327 g/mol. The highest BCUT2D eigenvalue weighted by atomic mass is 16.6. The Kier molecular flexibility index (Phi) is 10.5. The van der Waals surface area contributed by atoms with Crippen LogP contribution in [-0.4, -0.2) is 30.0 Å². The molecule has 0 aromatic heterocycles. The van der Waals surface area contributed by atoms with Crippen molar-refractivity contribution >= 4 is 17.8 Å². The minimum atomic E-state index is -0.780. The first-order chi connectivity index (χ1) is 10.8. The molecule has 0 amide bonds. The van der Waals surface area contributed by atoms with Crippen molar-refractivity contribution in [1.29, 1.82) is 0 Å². The number of amidine groups is 1. The highest BCUT2D eigenvalue weighted by molar-refractivity contribution is 5.95. The molecule has 7 nitrogen and oxygen atoms in total. The number of esters is 2. The molecular weight excluding hydrogens is 298 g/mol. The van der Waals surface area contributed by atoms with Crippen molar-refractivity contribution in [3.8, 4) is 0 Å². The number of unbranched alkanes of at least 4 members (excludes halogenated alkanes) is 3. The van der Waals surface area contributed by atoms with Crippen molar-refractivity contribution in [2.75, 3.05) is 0 Å². The lowest BCUT2D eigenvalue weighted by Gasteiger charge is -2.15. The van der Waals surface area contributed by atoms with Gasteiger partial charge in [-0.15, -0.1) is 0 Å². The lowest BCUT2D eigenvalue weighted by molar-refractivity contribution is -0.150. The van der Waals surface area contributed by atoms with Gasteiger partial charge in [0.1, 0.15) is 0 Å². The molecule has 7 heteroatoms. The minimum absolute atomic E-state index is 0.00449. The van der Waals surface area contributed by atoms with E-state index >= 15 is 0 Å². The Morgan fingerprint density at radius 2 is 1.83 bits per heavy atom. The number of carbonyl (C=O) groups is 2. The van der Waals surface area contributed by atoms with Crippen molar-refractivity contribution < 1.29 is 19.1 Å². The molecular formula is C16H29N3O4. The molecule has 0 radical (unpaired) electrons. The van der Waals surface area contributed by atoms with E-state index in [4.69, 9.17) is 21.1 Å². The van der Waals surface area contributed by atoms with Crippen LogP contribution in [0, 0.1) is 0 Å². The third-order valence-corrected chi connectivity index (χ3v) is 3.29. The Morgan fingerprint density at radius 1 is 1.17 bits per heavy atom. The second-order valence-corrected chi connectivity index (χ2v) is 5.53. The maximum absolute atomic E-state index is 11.8. The molecule has 4 N–H and O–H groups in total. The number of hydrogen-bond donors (Lipinski definition) is 2. The van der Waals surface area contributed by atoms with E-state index in [0.717, 1.165) is 25.7 Å². The van der Waals surface area contributed by atoms with Crippen LogP contribution >= 0.6 is 0 Å². The van der Waals surface area contributed by atoms with Gasteiger partial charge in [-0.25, -0.2) is 4.79 Å². The van der Waals surface area contributed by atoms with E-state index in [1.54, 1.807) is 0 Å². The summed E-state index contributed by atoms with van der Waals surface area (Å²) >= 11 is 0. The van der Waals surface area contributed by atoms with Gasteiger partial charge in [-0.2, -0.15) is 5.10 Å². The van der Waals surface area contributed by atoms with Gasteiger partial charge in [0.25, 0.3) is 0 Å². The molecule has 0 aliphatic carbocycles. The zero-order valence-corrected chi connectivity index (χ0v) is 14.3. The molecule has 0 aliphatic rings. The number of hydrogen-bond acceptors (Lipinski definition) is 6. The standard InChI is InChI=1S/C16H29N3O4/c1-5-6-7-8-9-12(3)22-14(20)10-11(2)16(21)23-13(4)15(17)19-18/h12-13H,2,5-10,18H2,1,3-4H3,(H2,17,19)/t12-,13?/m0/s1. The lowest BCUT2D eigenvalue weighted by atomic mass is 10.1. The zero-order chi connectivity index (χ0) is 17.8. The van der Waals surface area contributed by atoms with E-state index in [2.05, 4.69) is 18.6 Å². The largest absolute Gasteiger partial charge is 0.462 e. The van der Waals surface area contributed by atoms with Crippen LogP contribution in [0.2, 0.25) is 0 Å². The highest BCUT2D eigenvalue weighted by Crippen LogP contribution is 2.11. The first-order valence-electron chi connectivity index (χ1n) is 7.93. The number of rotatable bonds is 11. The third-order valence-electron chi connectivity index (χ3n) is 3.29. The van der Waals surface area contributed by atoms with E-state index < -0.39 is 18.0 Å². The summed E-state index contributed by atoms with van der Waals surface area (Å²) in [7, 11) is 0. The molecule has 0 aromatic rings. The Morgan fingerprint density at radius 3 is 2.39 bits per heavy atom. The van der Waals surface area contributed by atoms with Gasteiger partial charge in [-0.1, -0.05) is 32.8 Å². The van der Waals surface area contributed by atoms with Gasteiger partial charge in [0.15, 0.2) is 11.9 Å². The second-order valence-electron chi connectivity index (χ2n) is 5.53. The second kappa shape index (κ2) is 11.5. The fraction of sp³-hybridized carbons (Fsp3) is 0.688. The molecule has 0 spiro atoms. The van der Waals surface area contributed by atoms with Gasteiger partial charge in [0, 0.05) is 5.57 Å². The predicted octanol–water partition coefficient (Wildman–Crippen LogP) is 2.00. The van der Waals surface area contributed by atoms with Crippen LogP contribution in [0.5, 0.6) is 0 Å². The normalized spacial score (nSPS) is 14.0. The van der Waals surface area contributed by atoms with Crippen LogP contribution in [0.1, 0.15) is 59.3 Å². The SMILES string of the molecule is C=C(CC(=O)O[C@@H](C)CCCCCC)C(=O)OC(C)/C(N)=N/N. The Labute approximate surface area is 138 Å². The zero-order valence-electron chi connectivity index (χ0n) is 14.3. The van der Waals surface area contributed by atoms with Gasteiger partial charge in [-0.3, -0.25) is 4.79 Å². The van der Waals surface area contributed by atoms with E-state index in [-0.39, 0.29) is 23.9 Å². The fourth-order valence-electron chi connectivity index (χ4n) is 1.84. The quantitative estimate of drug-likeness (QED) is 0.114. The Bertz CT molecular complexity index is 435. The number of nitrogens with zero attached hydrogens (tertiary/aromatic N) is 1. The number of ether oxygens (including phenoxy) is 2. The van der Waals surface area contributed by atoms with Crippen molar-refractivity contribution in [2.24, 2.45) is 16.7 Å².